The van der Waals surface area contributed by atoms with Gasteiger partial charge in [-0.05, 0) is 35.9 Å². The average Bonchev–Trinajstić information content (AvgIpc) is 2.38. The Morgan fingerprint density at radius 2 is 1.58 bits per heavy atom. The molecule has 0 heterocycles. The van der Waals surface area contributed by atoms with E-state index in [0.29, 0.717) is 11.3 Å². The number of rotatable bonds is 2. The van der Waals surface area contributed by atoms with Crippen LogP contribution in [-0.4, -0.2) is 7.11 Å². The molecule has 0 saturated heterocycles. The van der Waals surface area contributed by atoms with E-state index in [-0.39, 0.29) is 5.56 Å². The van der Waals surface area contributed by atoms with E-state index in [1.807, 2.05) is 0 Å². The number of benzene rings is 2. The van der Waals surface area contributed by atoms with Gasteiger partial charge in [0.1, 0.15) is 11.6 Å². The Labute approximate surface area is 107 Å². The molecule has 0 saturated carbocycles. The van der Waals surface area contributed by atoms with Crippen molar-refractivity contribution in [1.82, 2.24) is 0 Å². The molecule has 0 aliphatic carbocycles. The van der Waals surface area contributed by atoms with Crippen LogP contribution in [0.15, 0.2) is 42.5 Å². The third-order valence-electron chi connectivity index (χ3n) is 2.68. The quantitative estimate of drug-likeness (QED) is 0.729. The molecule has 0 fully saturated rings. The molecular weight excluding hydrogens is 260 g/mol. The van der Waals surface area contributed by atoms with Gasteiger partial charge in [-0.1, -0.05) is 12.1 Å². The summed E-state index contributed by atoms with van der Waals surface area (Å²) in [5.74, 6) is -0.144. The molecule has 2 aromatic rings. The Morgan fingerprint density at radius 1 is 0.947 bits per heavy atom. The maximum atomic E-state index is 12.8. The highest BCUT2D eigenvalue weighted by molar-refractivity contribution is 5.71. The topological polar surface area (TPSA) is 9.23 Å². The SMILES string of the molecule is COc1ccc(C(F)(F)F)cc1-c1ccc(F)cc1. The zero-order valence-electron chi connectivity index (χ0n) is 9.96. The van der Waals surface area contributed by atoms with E-state index in [0.717, 1.165) is 12.1 Å². The molecule has 100 valence electrons. The number of halogens is 4. The van der Waals surface area contributed by atoms with Crippen LogP contribution in [0.5, 0.6) is 5.75 Å². The van der Waals surface area contributed by atoms with Crippen LogP contribution in [0.2, 0.25) is 0 Å². The zero-order chi connectivity index (χ0) is 14.0. The van der Waals surface area contributed by atoms with Crippen LogP contribution in [-0.2, 0) is 6.18 Å². The second-order valence-corrected chi connectivity index (χ2v) is 3.92. The highest BCUT2D eigenvalue weighted by atomic mass is 19.4. The van der Waals surface area contributed by atoms with Crippen LogP contribution < -0.4 is 4.74 Å². The third-order valence-corrected chi connectivity index (χ3v) is 2.68. The monoisotopic (exact) mass is 270 g/mol. The molecule has 0 unspecified atom stereocenters. The molecule has 5 heteroatoms. The number of hydrogen-bond donors (Lipinski definition) is 0. The van der Waals surface area contributed by atoms with Crippen molar-refractivity contribution in [1.29, 1.82) is 0 Å². The fourth-order valence-electron chi connectivity index (χ4n) is 1.74. The molecule has 0 aromatic heterocycles. The summed E-state index contributed by atoms with van der Waals surface area (Å²) in [7, 11) is 1.37. The van der Waals surface area contributed by atoms with Crippen molar-refractivity contribution in [2.24, 2.45) is 0 Å². The van der Waals surface area contributed by atoms with Crippen LogP contribution in [0.4, 0.5) is 17.6 Å². The van der Waals surface area contributed by atoms with Gasteiger partial charge >= 0.3 is 6.18 Å². The van der Waals surface area contributed by atoms with E-state index in [1.54, 1.807) is 0 Å². The normalized spacial score (nSPS) is 11.4. The van der Waals surface area contributed by atoms with Crippen LogP contribution in [0, 0.1) is 5.82 Å². The zero-order valence-corrected chi connectivity index (χ0v) is 9.96. The smallest absolute Gasteiger partial charge is 0.416 e. The maximum Gasteiger partial charge on any atom is 0.416 e. The van der Waals surface area contributed by atoms with Crippen LogP contribution >= 0.6 is 0 Å². The number of alkyl halides is 3. The van der Waals surface area contributed by atoms with Crippen LogP contribution in [0.3, 0.4) is 0 Å². The van der Waals surface area contributed by atoms with E-state index >= 15 is 0 Å². The Morgan fingerprint density at radius 3 is 2.11 bits per heavy atom. The lowest BCUT2D eigenvalue weighted by molar-refractivity contribution is -0.137. The Balaban J connectivity index is 2.56. The Hall–Kier alpha value is -2.04. The van der Waals surface area contributed by atoms with Crippen molar-refractivity contribution in [2.75, 3.05) is 7.11 Å². The molecular formula is C14H10F4O. The lowest BCUT2D eigenvalue weighted by Gasteiger charge is -2.13. The molecule has 0 bridgehead atoms. The van der Waals surface area contributed by atoms with Gasteiger partial charge in [0.15, 0.2) is 0 Å². The summed E-state index contributed by atoms with van der Waals surface area (Å²) in [4.78, 5) is 0. The largest absolute Gasteiger partial charge is 0.496 e. The number of methoxy groups -OCH3 is 1. The van der Waals surface area contributed by atoms with E-state index in [1.165, 1.54) is 37.4 Å². The molecule has 0 radical (unpaired) electrons. The summed E-state index contributed by atoms with van der Waals surface area (Å²) >= 11 is 0. The van der Waals surface area contributed by atoms with Crippen molar-refractivity contribution in [2.45, 2.75) is 6.18 Å². The molecule has 0 N–H and O–H groups in total. The van der Waals surface area contributed by atoms with Crippen molar-refractivity contribution in [3.05, 3.63) is 53.8 Å². The summed E-state index contributed by atoms with van der Waals surface area (Å²) in [6, 6.07) is 8.39. The van der Waals surface area contributed by atoms with E-state index in [2.05, 4.69) is 0 Å². The first-order valence-electron chi connectivity index (χ1n) is 5.43. The van der Waals surface area contributed by atoms with Gasteiger partial charge in [-0.25, -0.2) is 4.39 Å². The van der Waals surface area contributed by atoms with Gasteiger partial charge in [0, 0.05) is 5.56 Å². The molecule has 0 atom stereocenters. The molecule has 0 aliphatic heterocycles. The van der Waals surface area contributed by atoms with Gasteiger partial charge in [-0.3, -0.25) is 0 Å². The molecule has 0 spiro atoms. The molecule has 1 nitrogen and oxygen atoms in total. The highest BCUT2D eigenvalue weighted by Gasteiger charge is 2.31. The summed E-state index contributed by atoms with van der Waals surface area (Å²) in [5, 5.41) is 0. The highest BCUT2D eigenvalue weighted by Crippen LogP contribution is 2.37. The van der Waals surface area contributed by atoms with Crippen molar-refractivity contribution in [3.8, 4) is 16.9 Å². The first-order valence-corrected chi connectivity index (χ1v) is 5.43. The summed E-state index contributed by atoms with van der Waals surface area (Å²) < 4.78 is 55.9. The lowest BCUT2D eigenvalue weighted by Crippen LogP contribution is -2.05. The summed E-state index contributed by atoms with van der Waals surface area (Å²) in [6.45, 7) is 0. The Bertz CT molecular complexity index is 573. The first kappa shape index (κ1) is 13.4. The molecule has 0 aliphatic rings. The average molecular weight is 270 g/mol. The molecule has 2 rings (SSSR count). The number of hydrogen-bond acceptors (Lipinski definition) is 1. The predicted octanol–water partition coefficient (Wildman–Crippen LogP) is 4.52. The number of ether oxygens (including phenoxy) is 1. The van der Waals surface area contributed by atoms with Crippen LogP contribution in [0.25, 0.3) is 11.1 Å². The van der Waals surface area contributed by atoms with E-state index in [4.69, 9.17) is 4.74 Å². The Kier molecular flexibility index (Phi) is 3.46. The molecule has 19 heavy (non-hydrogen) atoms. The van der Waals surface area contributed by atoms with Gasteiger partial charge in [0.05, 0.1) is 12.7 Å². The maximum absolute atomic E-state index is 12.8. The van der Waals surface area contributed by atoms with Crippen molar-refractivity contribution >= 4 is 0 Å². The van der Waals surface area contributed by atoms with Gasteiger partial charge in [-0.15, -0.1) is 0 Å². The minimum Gasteiger partial charge on any atom is -0.496 e. The van der Waals surface area contributed by atoms with E-state index in [9.17, 15) is 17.6 Å². The standard InChI is InChI=1S/C14H10F4O/c1-19-13-7-4-10(14(16,17)18)8-12(13)9-2-5-11(15)6-3-9/h2-8H,1H3. The first-order chi connectivity index (χ1) is 8.91. The summed E-state index contributed by atoms with van der Waals surface area (Å²) in [5.41, 5.74) is -0.0331. The predicted molar refractivity (Wildman–Crippen MR) is 63.4 cm³/mol. The van der Waals surface area contributed by atoms with Gasteiger partial charge in [0.2, 0.25) is 0 Å². The summed E-state index contributed by atoms with van der Waals surface area (Å²) in [6.07, 6.45) is -4.43. The fraction of sp³-hybridized carbons (Fsp3) is 0.143. The minimum absolute atomic E-state index is 0.275. The minimum atomic E-state index is -4.43. The van der Waals surface area contributed by atoms with E-state index < -0.39 is 17.6 Å². The lowest BCUT2D eigenvalue weighted by atomic mass is 10.0. The van der Waals surface area contributed by atoms with Gasteiger partial charge in [0.25, 0.3) is 0 Å². The van der Waals surface area contributed by atoms with Gasteiger partial charge < -0.3 is 4.74 Å². The third kappa shape index (κ3) is 2.86. The van der Waals surface area contributed by atoms with Crippen molar-refractivity contribution < 1.29 is 22.3 Å². The van der Waals surface area contributed by atoms with Crippen LogP contribution in [0.1, 0.15) is 5.56 Å². The second kappa shape index (κ2) is 4.91. The fourth-order valence-corrected chi connectivity index (χ4v) is 1.74. The van der Waals surface area contributed by atoms with Gasteiger partial charge in [-0.2, -0.15) is 13.2 Å². The second-order valence-electron chi connectivity index (χ2n) is 3.92. The van der Waals surface area contributed by atoms with Crippen molar-refractivity contribution in [3.63, 3.8) is 0 Å². The molecule has 2 aromatic carbocycles. The molecule has 0 amide bonds.